The van der Waals surface area contributed by atoms with Gasteiger partial charge in [-0.2, -0.15) is 0 Å². The van der Waals surface area contributed by atoms with Crippen LogP contribution in [0.2, 0.25) is 0 Å². The van der Waals surface area contributed by atoms with Crippen molar-refractivity contribution in [3.63, 3.8) is 0 Å². The van der Waals surface area contributed by atoms with E-state index in [-0.39, 0.29) is 23.4 Å². The van der Waals surface area contributed by atoms with Crippen molar-refractivity contribution in [3.8, 4) is 0 Å². The smallest absolute Gasteiger partial charge is 0.242 e. The normalized spacial score (nSPS) is 11.9. The molecule has 0 fully saturated rings. The van der Waals surface area contributed by atoms with Gasteiger partial charge in [-0.3, -0.25) is 9.59 Å². The zero-order valence-electron chi connectivity index (χ0n) is 17.9. The highest BCUT2D eigenvalue weighted by Gasteiger charge is 2.25. The van der Waals surface area contributed by atoms with Gasteiger partial charge in [0, 0.05) is 18.8 Å². The van der Waals surface area contributed by atoms with Crippen LogP contribution in [0.5, 0.6) is 0 Å². The van der Waals surface area contributed by atoms with Crippen molar-refractivity contribution in [1.82, 2.24) is 10.2 Å². The summed E-state index contributed by atoms with van der Waals surface area (Å²) in [5.74, 6) is 0.772. The van der Waals surface area contributed by atoms with Crippen molar-refractivity contribution in [2.45, 2.75) is 39.0 Å². The fourth-order valence-corrected chi connectivity index (χ4v) is 3.81. The van der Waals surface area contributed by atoms with E-state index in [4.69, 9.17) is 0 Å². The van der Waals surface area contributed by atoms with Gasteiger partial charge in [-0.1, -0.05) is 56.3 Å². The molecular weight excluding hydrogens is 399 g/mol. The highest BCUT2D eigenvalue weighted by molar-refractivity contribution is 7.99. The third kappa shape index (κ3) is 8.19. The number of carbonyl (C=O) groups is 2. The average molecular weight is 431 g/mol. The SMILES string of the molecule is CC(C)CNC(=O)C(C)N(CCc1ccccc1)C(=O)CSCc1ccc(F)cc1. The van der Waals surface area contributed by atoms with Crippen LogP contribution in [0.1, 0.15) is 31.9 Å². The van der Waals surface area contributed by atoms with E-state index in [0.29, 0.717) is 31.2 Å². The van der Waals surface area contributed by atoms with E-state index in [1.54, 1.807) is 24.0 Å². The predicted octanol–water partition coefficient (Wildman–Crippen LogP) is 4.29. The van der Waals surface area contributed by atoms with E-state index in [2.05, 4.69) is 5.32 Å². The number of amides is 2. The first-order valence-corrected chi connectivity index (χ1v) is 11.5. The molecule has 2 rings (SSSR count). The van der Waals surface area contributed by atoms with Crippen molar-refractivity contribution in [2.24, 2.45) is 5.92 Å². The van der Waals surface area contributed by atoms with Gasteiger partial charge in [0.2, 0.25) is 11.8 Å². The van der Waals surface area contributed by atoms with E-state index < -0.39 is 6.04 Å². The fourth-order valence-electron chi connectivity index (χ4n) is 2.94. The lowest BCUT2D eigenvalue weighted by Crippen LogP contribution is -2.50. The molecule has 0 aliphatic rings. The predicted molar refractivity (Wildman–Crippen MR) is 122 cm³/mol. The van der Waals surface area contributed by atoms with Crippen LogP contribution in [0.4, 0.5) is 4.39 Å². The maximum atomic E-state index is 13.0. The summed E-state index contributed by atoms with van der Waals surface area (Å²) in [4.78, 5) is 27.2. The van der Waals surface area contributed by atoms with Crippen LogP contribution >= 0.6 is 11.8 Å². The monoisotopic (exact) mass is 430 g/mol. The molecule has 0 heterocycles. The molecular formula is C24H31FN2O2S. The van der Waals surface area contributed by atoms with Gasteiger partial charge in [-0.25, -0.2) is 4.39 Å². The number of carbonyl (C=O) groups excluding carboxylic acids is 2. The lowest BCUT2D eigenvalue weighted by Gasteiger charge is -2.29. The Morgan fingerprint density at radius 2 is 1.67 bits per heavy atom. The van der Waals surface area contributed by atoms with Crippen LogP contribution in [0, 0.1) is 11.7 Å². The average Bonchev–Trinajstić information content (AvgIpc) is 2.74. The summed E-state index contributed by atoms with van der Waals surface area (Å²) < 4.78 is 13.0. The molecule has 0 aromatic heterocycles. The van der Waals surface area contributed by atoms with Crippen LogP contribution in [0.25, 0.3) is 0 Å². The molecule has 2 amide bonds. The molecule has 162 valence electrons. The Morgan fingerprint density at radius 1 is 1.00 bits per heavy atom. The Balaban J connectivity index is 1.97. The van der Waals surface area contributed by atoms with Crippen molar-refractivity contribution in [3.05, 3.63) is 71.5 Å². The second-order valence-electron chi connectivity index (χ2n) is 7.76. The summed E-state index contributed by atoms with van der Waals surface area (Å²) >= 11 is 1.47. The molecule has 0 bridgehead atoms. The number of hydrogen-bond acceptors (Lipinski definition) is 3. The molecule has 6 heteroatoms. The van der Waals surface area contributed by atoms with E-state index in [0.717, 1.165) is 11.1 Å². The topological polar surface area (TPSA) is 49.4 Å². The van der Waals surface area contributed by atoms with Crippen molar-refractivity contribution >= 4 is 23.6 Å². The molecule has 1 N–H and O–H groups in total. The Hall–Kier alpha value is -2.34. The van der Waals surface area contributed by atoms with E-state index in [1.807, 2.05) is 44.2 Å². The minimum Gasteiger partial charge on any atom is -0.354 e. The molecule has 2 aromatic carbocycles. The molecule has 0 aliphatic carbocycles. The molecule has 0 saturated heterocycles. The Bertz CT molecular complexity index is 797. The van der Waals surface area contributed by atoms with Gasteiger partial charge in [0.15, 0.2) is 0 Å². The van der Waals surface area contributed by atoms with Crippen molar-refractivity contribution in [1.29, 1.82) is 0 Å². The van der Waals surface area contributed by atoms with E-state index in [1.165, 1.54) is 23.9 Å². The van der Waals surface area contributed by atoms with Crippen LogP contribution in [-0.2, 0) is 21.8 Å². The van der Waals surface area contributed by atoms with Gasteiger partial charge in [-0.15, -0.1) is 11.8 Å². The molecule has 1 atom stereocenters. The van der Waals surface area contributed by atoms with Gasteiger partial charge in [0.25, 0.3) is 0 Å². The van der Waals surface area contributed by atoms with Crippen LogP contribution in [0.3, 0.4) is 0 Å². The molecule has 30 heavy (non-hydrogen) atoms. The number of benzene rings is 2. The zero-order valence-corrected chi connectivity index (χ0v) is 18.8. The first kappa shape index (κ1) is 23.9. The van der Waals surface area contributed by atoms with Gasteiger partial charge >= 0.3 is 0 Å². The lowest BCUT2D eigenvalue weighted by atomic mass is 10.1. The van der Waals surface area contributed by atoms with E-state index in [9.17, 15) is 14.0 Å². The number of halogens is 1. The summed E-state index contributed by atoms with van der Waals surface area (Å²) in [6.45, 7) is 6.92. The molecule has 1 unspecified atom stereocenters. The third-order valence-corrected chi connectivity index (χ3v) is 5.73. The minimum atomic E-state index is -0.536. The van der Waals surface area contributed by atoms with Crippen molar-refractivity contribution in [2.75, 3.05) is 18.8 Å². The van der Waals surface area contributed by atoms with Gasteiger partial charge in [-0.05, 0) is 42.5 Å². The third-order valence-electron chi connectivity index (χ3n) is 4.74. The van der Waals surface area contributed by atoms with Crippen LogP contribution in [-0.4, -0.2) is 41.6 Å². The molecule has 0 radical (unpaired) electrons. The van der Waals surface area contributed by atoms with E-state index >= 15 is 0 Å². The maximum absolute atomic E-state index is 13.0. The number of nitrogens with zero attached hydrogens (tertiary/aromatic N) is 1. The Morgan fingerprint density at radius 3 is 2.30 bits per heavy atom. The first-order chi connectivity index (χ1) is 14.4. The van der Waals surface area contributed by atoms with Crippen LogP contribution in [0.15, 0.2) is 54.6 Å². The summed E-state index contributed by atoms with van der Waals surface area (Å²) in [6.07, 6.45) is 0.691. The molecule has 0 spiro atoms. The second kappa shape index (κ2) is 12.4. The molecule has 0 aliphatic heterocycles. The summed E-state index contributed by atoms with van der Waals surface area (Å²) in [6, 6.07) is 15.7. The Kier molecular flexibility index (Phi) is 9.87. The van der Waals surface area contributed by atoms with Gasteiger partial charge < -0.3 is 10.2 Å². The number of hydrogen-bond donors (Lipinski definition) is 1. The van der Waals surface area contributed by atoms with Gasteiger partial charge in [0.05, 0.1) is 5.75 Å². The zero-order chi connectivity index (χ0) is 21.9. The summed E-state index contributed by atoms with van der Waals surface area (Å²) in [7, 11) is 0. The number of thioether (sulfide) groups is 1. The standard InChI is InChI=1S/C24H31FN2O2S/c1-18(2)15-26-24(29)19(3)27(14-13-20-7-5-4-6-8-20)23(28)17-30-16-21-9-11-22(25)12-10-21/h4-12,18-19H,13-17H2,1-3H3,(H,26,29). The highest BCUT2D eigenvalue weighted by Crippen LogP contribution is 2.15. The van der Waals surface area contributed by atoms with Crippen molar-refractivity contribution < 1.29 is 14.0 Å². The lowest BCUT2D eigenvalue weighted by molar-refractivity contribution is -0.138. The molecule has 4 nitrogen and oxygen atoms in total. The largest absolute Gasteiger partial charge is 0.354 e. The van der Waals surface area contributed by atoms with Gasteiger partial charge in [0.1, 0.15) is 11.9 Å². The second-order valence-corrected chi connectivity index (χ2v) is 8.74. The Labute approximate surface area is 183 Å². The van der Waals surface area contributed by atoms with Crippen LogP contribution < -0.4 is 5.32 Å². The summed E-state index contributed by atoms with van der Waals surface area (Å²) in [5, 5.41) is 2.93. The quantitative estimate of drug-likeness (QED) is 0.579. The number of rotatable bonds is 11. The summed E-state index contributed by atoms with van der Waals surface area (Å²) in [5.41, 5.74) is 2.09. The first-order valence-electron chi connectivity index (χ1n) is 10.3. The molecule has 2 aromatic rings. The fraction of sp³-hybridized carbons (Fsp3) is 0.417. The minimum absolute atomic E-state index is 0.0646. The highest BCUT2D eigenvalue weighted by atomic mass is 32.2. The maximum Gasteiger partial charge on any atom is 0.242 e. The number of nitrogens with one attached hydrogen (secondary N) is 1. The molecule has 0 saturated carbocycles.